The van der Waals surface area contributed by atoms with Crippen LogP contribution in [0.1, 0.15) is 13.3 Å². The molecule has 0 amide bonds. The molecule has 1 N–H and O–H groups in total. The highest BCUT2D eigenvalue weighted by atomic mass is 32.1. The molecule has 0 aliphatic rings. The maximum absolute atomic E-state index is 10.2. The average molecular weight is 187 g/mol. The second kappa shape index (κ2) is 4.01. The summed E-state index contributed by atoms with van der Waals surface area (Å²) in [5.74, 6) is 0. The van der Waals surface area contributed by atoms with Crippen molar-refractivity contribution in [1.82, 2.24) is 4.98 Å². The molecule has 1 aromatic rings. The Morgan fingerprint density at radius 1 is 1.83 bits per heavy atom. The fraction of sp³-hybridized carbons (Fsp3) is 0.500. The fourth-order valence-corrected chi connectivity index (χ4v) is 1.32. The van der Waals surface area contributed by atoms with E-state index in [1.807, 2.05) is 6.92 Å². The van der Waals surface area contributed by atoms with E-state index in [-0.39, 0.29) is 5.00 Å². The van der Waals surface area contributed by atoms with Crippen molar-refractivity contribution in [3.05, 3.63) is 16.3 Å². The molecule has 0 saturated carbocycles. The highest BCUT2D eigenvalue weighted by molar-refractivity contribution is 7.18. The van der Waals surface area contributed by atoms with E-state index in [1.54, 1.807) is 0 Å². The lowest BCUT2D eigenvalue weighted by molar-refractivity contribution is -0.380. The molecule has 0 unspecified atom stereocenters. The number of rotatable bonds is 4. The van der Waals surface area contributed by atoms with Gasteiger partial charge in [-0.15, -0.1) is 0 Å². The van der Waals surface area contributed by atoms with Crippen molar-refractivity contribution in [1.29, 1.82) is 0 Å². The average Bonchev–Trinajstić information content (AvgIpc) is 2.48. The van der Waals surface area contributed by atoms with Gasteiger partial charge in [-0.25, -0.2) is 4.98 Å². The van der Waals surface area contributed by atoms with Gasteiger partial charge in [-0.05, 0) is 17.8 Å². The molecule has 1 rings (SSSR count). The third kappa shape index (κ3) is 2.16. The Morgan fingerprint density at radius 3 is 3.08 bits per heavy atom. The molecule has 0 radical (unpaired) electrons. The molecule has 0 spiro atoms. The van der Waals surface area contributed by atoms with Gasteiger partial charge in [-0.2, -0.15) is 0 Å². The number of nitrogens with one attached hydrogen (secondary N) is 1. The molecule has 0 atom stereocenters. The smallest absolute Gasteiger partial charge is 0.345 e. The van der Waals surface area contributed by atoms with E-state index in [0.29, 0.717) is 5.13 Å². The van der Waals surface area contributed by atoms with Crippen molar-refractivity contribution in [3.8, 4) is 0 Å². The lowest BCUT2D eigenvalue weighted by Gasteiger charge is -1.95. The predicted octanol–water partition coefficient (Wildman–Crippen LogP) is 1.87. The topological polar surface area (TPSA) is 68.1 Å². The number of nitro groups is 1. The van der Waals surface area contributed by atoms with Crippen LogP contribution in [0.15, 0.2) is 6.20 Å². The van der Waals surface area contributed by atoms with Gasteiger partial charge < -0.3 is 5.32 Å². The lowest BCUT2D eigenvalue weighted by atomic mass is 10.5. The summed E-state index contributed by atoms with van der Waals surface area (Å²) in [6.07, 6.45) is 2.25. The molecule has 0 saturated heterocycles. The first-order valence-corrected chi connectivity index (χ1v) is 4.39. The minimum Gasteiger partial charge on any atom is -0.361 e. The van der Waals surface area contributed by atoms with Gasteiger partial charge >= 0.3 is 5.00 Å². The fourth-order valence-electron chi connectivity index (χ4n) is 0.664. The van der Waals surface area contributed by atoms with Crippen LogP contribution < -0.4 is 5.32 Å². The van der Waals surface area contributed by atoms with Crippen LogP contribution >= 0.6 is 11.3 Å². The summed E-state index contributed by atoms with van der Waals surface area (Å²) in [6.45, 7) is 2.82. The summed E-state index contributed by atoms with van der Waals surface area (Å²) in [7, 11) is 0. The Bertz CT molecular complexity index is 274. The summed E-state index contributed by atoms with van der Waals surface area (Å²) >= 11 is 1.06. The molecule has 0 fully saturated rings. The second-order valence-electron chi connectivity index (χ2n) is 2.19. The number of nitrogens with zero attached hydrogens (tertiary/aromatic N) is 2. The van der Waals surface area contributed by atoms with Crippen molar-refractivity contribution in [2.45, 2.75) is 13.3 Å². The van der Waals surface area contributed by atoms with Gasteiger partial charge in [0.2, 0.25) is 0 Å². The predicted molar refractivity (Wildman–Crippen MR) is 47.5 cm³/mol. The molecule has 0 aliphatic carbocycles. The number of thiazole rings is 1. The van der Waals surface area contributed by atoms with E-state index in [4.69, 9.17) is 0 Å². The highest BCUT2D eigenvalue weighted by Gasteiger charge is 2.09. The molecule has 1 aromatic heterocycles. The van der Waals surface area contributed by atoms with Gasteiger partial charge in [0.15, 0.2) is 5.13 Å². The molecule has 66 valence electrons. The molecule has 5 nitrogen and oxygen atoms in total. The SMILES string of the molecule is CCCNc1ncc([N+](=O)[O-])s1. The quantitative estimate of drug-likeness (QED) is 0.577. The summed E-state index contributed by atoms with van der Waals surface area (Å²) in [6, 6.07) is 0. The first-order valence-electron chi connectivity index (χ1n) is 3.58. The monoisotopic (exact) mass is 187 g/mol. The zero-order valence-corrected chi connectivity index (χ0v) is 7.43. The van der Waals surface area contributed by atoms with Crippen LogP contribution in [0.25, 0.3) is 0 Å². The van der Waals surface area contributed by atoms with Gasteiger partial charge in [0, 0.05) is 6.54 Å². The summed E-state index contributed by atoms with van der Waals surface area (Å²) in [4.78, 5) is 13.6. The minimum absolute atomic E-state index is 0.0774. The largest absolute Gasteiger partial charge is 0.361 e. The number of anilines is 1. The number of hydrogen-bond acceptors (Lipinski definition) is 5. The number of hydrogen-bond donors (Lipinski definition) is 1. The van der Waals surface area contributed by atoms with E-state index in [2.05, 4.69) is 10.3 Å². The maximum atomic E-state index is 10.2. The molecule has 0 aliphatic heterocycles. The Hall–Kier alpha value is -1.17. The van der Waals surface area contributed by atoms with E-state index < -0.39 is 4.92 Å². The van der Waals surface area contributed by atoms with Crippen LogP contribution in [-0.2, 0) is 0 Å². The highest BCUT2D eigenvalue weighted by Crippen LogP contribution is 2.24. The maximum Gasteiger partial charge on any atom is 0.345 e. The Morgan fingerprint density at radius 2 is 2.58 bits per heavy atom. The number of aromatic nitrogens is 1. The van der Waals surface area contributed by atoms with Crippen LogP contribution in [0.4, 0.5) is 10.1 Å². The molecule has 1 heterocycles. The van der Waals surface area contributed by atoms with Crippen molar-refractivity contribution >= 4 is 21.5 Å². The molecule has 0 aromatic carbocycles. The van der Waals surface area contributed by atoms with E-state index in [1.165, 1.54) is 6.20 Å². The summed E-state index contributed by atoms with van der Waals surface area (Å²) < 4.78 is 0. The van der Waals surface area contributed by atoms with Crippen molar-refractivity contribution in [3.63, 3.8) is 0 Å². The van der Waals surface area contributed by atoms with Crippen molar-refractivity contribution in [2.24, 2.45) is 0 Å². The third-order valence-electron chi connectivity index (χ3n) is 1.20. The molecule has 0 bridgehead atoms. The first kappa shape index (κ1) is 8.92. The molecular weight excluding hydrogens is 178 g/mol. The summed E-state index contributed by atoms with van der Waals surface area (Å²) in [5, 5.41) is 13.9. The normalized spacial score (nSPS) is 9.75. The molecule has 12 heavy (non-hydrogen) atoms. The zero-order valence-electron chi connectivity index (χ0n) is 6.61. The van der Waals surface area contributed by atoms with Crippen LogP contribution in [0.2, 0.25) is 0 Å². The zero-order chi connectivity index (χ0) is 8.97. The minimum atomic E-state index is -0.436. The second-order valence-corrected chi connectivity index (χ2v) is 3.20. The molecular formula is C6H9N3O2S. The van der Waals surface area contributed by atoms with E-state index in [0.717, 1.165) is 24.3 Å². The van der Waals surface area contributed by atoms with Crippen LogP contribution in [0, 0.1) is 10.1 Å². The summed E-state index contributed by atoms with van der Waals surface area (Å²) in [5.41, 5.74) is 0. The van der Waals surface area contributed by atoms with Crippen LogP contribution in [0.5, 0.6) is 0 Å². The van der Waals surface area contributed by atoms with Crippen LogP contribution in [0.3, 0.4) is 0 Å². The van der Waals surface area contributed by atoms with Crippen LogP contribution in [-0.4, -0.2) is 16.5 Å². The Labute approximate surface area is 73.6 Å². The standard InChI is InChI=1S/C6H9N3O2S/c1-2-3-7-6-8-4-5(12-6)9(10)11/h4H,2-3H2,1H3,(H,7,8). The van der Waals surface area contributed by atoms with Gasteiger partial charge in [0.25, 0.3) is 0 Å². The van der Waals surface area contributed by atoms with Crippen molar-refractivity contribution in [2.75, 3.05) is 11.9 Å². The Balaban J connectivity index is 2.58. The molecule has 6 heteroatoms. The third-order valence-corrected chi connectivity index (χ3v) is 2.11. The van der Waals surface area contributed by atoms with Crippen molar-refractivity contribution < 1.29 is 4.92 Å². The lowest BCUT2D eigenvalue weighted by Crippen LogP contribution is -1.97. The first-order chi connectivity index (χ1) is 5.74. The van der Waals surface area contributed by atoms with Gasteiger partial charge in [0.05, 0.1) is 4.92 Å². The van der Waals surface area contributed by atoms with E-state index >= 15 is 0 Å². The van der Waals surface area contributed by atoms with E-state index in [9.17, 15) is 10.1 Å². The van der Waals surface area contributed by atoms with Gasteiger partial charge in [0.1, 0.15) is 6.20 Å². The van der Waals surface area contributed by atoms with Gasteiger partial charge in [-0.1, -0.05) is 6.92 Å². The van der Waals surface area contributed by atoms with Gasteiger partial charge in [-0.3, -0.25) is 10.1 Å². The Kier molecular flexibility index (Phi) is 2.98.